The Morgan fingerprint density at radius 2 is 1.96 bits per heavy atom. The molecule has 0 atom stereocenters. The second kappa shape index (κ2) is 9.61. The number of nitrogens with zero attached hydrogens (tertiary/aromatic N) is 1. The van der Waals surface area contributed by atoms with E-state index in [0.717, 1.165) is 17.7 Å². The van der Waals surface area contributed by atoms with Gasteiger partial charge in [0.05, 0.1) is 25.0 Å². The van der Waals surface area contributed by atoms with Gasteiger partial charge in [0.25, 0.3) is 0 Å². The van der Waals surface area contributed by atoms with Crippen molar-refractivity contribution in [1.29, 1.82) is 0 Å². The second-order valence-electron chi connectivity index (χ2n) is 6.14. The van der Waals surface area contributed by atoms with Gasteiger partial charge in [-0.05, 0) is 60.9 Å². The van der Waals surface area contributed by atoms with Crippen molar-refractivity contribution in [3.05, 3.63) is 53.1 Å². The van der Waals surface area contributed by atoms with Crippen molar-refractivity contribution in [3.63, 3.8) is 0 Å². The van der Waals surface area contributed by atoms with E-state index in [1.54, 1.807) is 30.3 Å². The highest BCUT2D eigenvalue weighted by molar-refractivity contribution is 8.00. The first-order chi connectivity index (χ1) is 13.5. The van der Waals surface area contributed by atoms with E-state index in [4.69, 9.17) is 21.1 Å². The van der Waals surface area contributed by atoms with Gasteiger partial charge in [0.1, 0.15) is 0 Å². The third-order valence-corrected chi connectivity index (χ3v) is 5.16. The van der Waals surface area contributed by atoms with Crippen molar-refractivity contribution in [2.45, 2.75) is 17.7 Å². The highest BCUT2D eigenvalue weighted by atomic mass is 35.5. The number of nitrogens with one attached hydrogen (secondary N) is 1. The van der Waals surface area contributed by atoms with Gasteiger partial charge in [-0.1, -0.05) is 11.6 Å². The number of ether oxygens (including phenoxy) is 2. The standard InChI is InChI=1S/C20H19ClN2O4S/c1-26-18-10-13(2-9-17(18)27-20(25)14-3-4-14)11-22-23-19(24)12-28-16-7-5-15(21)6-8-16/h2,5-11,14H,3-4,12H2,1H3,(H,23,24). The lowest BCUT2D eigenvalue weighted by Crippen LogP contribution is -2.19. The lowest BCUT2D eigenvalue weighted by molar-refractivity contribution is -0.135. The number of methoxy groups -OCH3 is 1. The average Bonchev–Trinajstić information content (AvgIpc) is 3.54. The lowest BCUT2D eigenvalue weighted by Gasteiger charge is -2.09. The van der Waals surface area contributed by atoms with Gasteiger partial charge in [-0.25, -0.2) is 5.43 Å². The SMILES string of the molecule is COc1cc(C=NNC(=O)CSc2ccc(Cl)cc2)ccc1OC(=O)C1CC1. The number of hydrogen-bond donors (Lipinski definition) is 1. The van der Waals surface area contributed by atoms with Gasteiger partial charge in [-0.2, -0.15) is 5.10 Å². The van der Waals surface area contributed by atoms with Gasteiger partial charge >= 0.3 is 5.97 Å². The summed E-state index contributed by atoms with van der Waals surface area (Å²) in [5.74, 6) is 0.593. The lowest BCUT2D eigenvalue weighted by atomic mass is 10.2. The van der Waals surface area contributed by atoms with Crippen LogP contribution in [0.4, 0.5) is 0 Å². The Morgan fingerprint density at radius 3 is 2.64 bits per heavy atom. The van der Waals surface area contributed by atoms with Crippen molar-refractivity contribution in [2.24, 2.45) is 11.0 Å². The molecule has 1 amide bonds. The number of hydrazone groups is 1. The Morgan fingerprint density at radius 1 is 1.21 bits per heavy atom. The number of amides is 1. The highest BCUT2D eigenvalue weighted by Crippen LogP contribution is 2.34. The van der Waals surface area contributed by atoms with Crippen molar-refractivity contribution < 1.29 is 19.1 Å². The van der Waals surface area contributed by atoms with Gasteiger partial charge in [-0.3, -0.25) is 9.59 Å². The van der Waals surface area contributed by atoms with Gasteiger partial charge in [0, 0.05) is 9.92 Å². The Kier molecular flexibility index (Phi) is 6.95. The molecular weight excluding hydrogens is 400 g/mol. The van der Waals surface area contributed by atoms with Crippen LogP contribution in [-0.4, -0.2) is 31.0 Å². The normalized spacial score (nSPS) is 13.4. The summed E-state index contributed by atoms with van der Waals surface area (Å²) in [6, 6.07) is 12.3. The van der Waals surface area contributed by atoms with Crippen LogP contribution in [0.3, 0.4) is 0 Å². The van der Waals surface area contributed by atoms with Crippen molar-refractivity contribution in [1.82, 2.24) is 5.43 Å². The average molecular weight is 419 g/mol. The Hall–Kier alpha value is -2.51. The van der Waals surface area contributed by atoms with Gasteiger partial charge in [0.15, 0.2) is 11.5 Å². The molecule has 1 aliphatic carbocycles. The number of hydrogen-bond acceptors (Lipinski definition) is 6. The molecule has 0 heterocycles. The Bertz CT molecular complexity index is 882. The zero-order valence-electron chi connectivity index (χ0n) is 15.2. The van der Waals surface area contributed by atoms with E-state index in [-0.39, 0.29) is 23.5 Å². The minimum absolute atomic E-state index is 0.00639. The van der Waals surface area contributed by atoms with Crippen LogP contribution in [0.25, 0.3) is 0 Å². The third kappa shape index (κ3) is 6.00. The van der Waals surface area contributed by atoms with Crippen LogP contribution in [0.5, 0.6) is 11.5 Å². The molecule has 0 radical (unpaired) electrons. The number of thioether (sulfide) groups is 1. The fraction of sp³-hybridized carbons (Fsp3) is 0.250. The highest BCUT2D eigenvalue weighted by Gasteiger charge is 2.32. The van der Waals surface area contributed by atoms with E-state index in [1.165, 1.54) is 25.1 Å². The molecule has 1 aliphatic rings. The first kappa shape index (κ1) is 20.2. The molecule has 0 bridgehead atoms. The Balaban J connectivity index is 1.50. The van der Waals surface area contributed by atoms with E-state index in [9.17, 15) is 9.59 Å². The molecule has 1 fully saturated rings. The first-order valence-corrected chi connectivity index (χ1v) is 10.0. The molecule has 8 heteroatoms. The summed E-state index contributed by atoms with van der Waals surface area (Å²) in [5, 5.41) is 4.60. The molecule has 0 aromatic heterocycles. The minimum atomic E-state index is -0.231. The maximum Gasteiger partial charge on any atom is 0.314 e. The first-order valence-electron chi connectivity index (χ1n) is 8.65. The third-order valence-electron chi connectivity index (χ3n) is 3.90. The van der Waals surface area contributed by atoms with Gasteiger partial charge < -0.3 is 9.47 Å². The number of carbonyl (C=O) groups excluding carboxylic acids is 2. The van der Waals surface area contributed by atoms with Gasteiger partial charge in [-0.15, -0.1) is 11.8 Å². The van der Waals surface area contributed by atoms with Crippen LogP contribution >= 0.6 is 23.4 Å². The molecule has 28 heavy (non-hydrogen) atoms. The van der Waals surface area contributed by atoms with E-state index in [0.29, 0.717) is 22.1 Å². The topological polar surface area (TPSA) is 77.0 Å². The molecule has 2 aromatic carbocycles. The summed E-state index contributed by atoms with van der Waals surface area (Å²) >= 11 is 7.22. The van der Waals surface area contributed by atoms with Crippen LogP contribution in [0.2, 0.25) is 5.02 Å². The largest absolute Gasteiger partial charge is 0.493 e. The summed E-state index contributed by atoms with van der Waals surface area (Å²) in [4.78, 5) is 24.6. The summed E-state index contributed by atoms with van der Waals surface area (Å²) in [5.41, 5.74) is 3.18. The zero-order valence-corrected chi connectivity index (χ0v) is 16.8. The van der Waals surface area contributed by atoms with Crippen LogP contribution in [0, 0.1) is 5.92 Å². The number of carbonyl (C=O) groups is 2. The quantitative estimate of drug-likeness (QED) is 0.231. The number of rotatable bonds is 8. The van der Waals surface area contributed by atoms with Crippen LogP contribution in [-0.2, 0) is 9.59 Å². The molecule has 0 spiro atoms. The molecule has 1 N–H and O–H groups in total. The van der Waals surface area contributed by atoms with Crippen molar-refractivity contribution in [3.8, 4) is 11.5 Å². The minimum Gasteiger partial charge on any atom is -0.493 e. The van der Waals surface area contributed by atoms with Crippen molar-refractivity contribution >= 4 is 41.5 Å². The maximum absolute atomic E-state index is 11.9. The molecule has 0 unspecified atom stereocenters. The smallest absolute Gasteiger partial charge is 0.314 e. The van der Waals surface area contributed by atoms with E-state index in [1.807, 2.05) is 12.1 Å². The number of halogens is 1. The predicted octanol–water partition coefficient (Wildman–Crippen LogP) is 3.91. The molecule has 146 valence electrons. The van der Waals surface area contributed by atoms with Gasteiger partial charge in [0.2, 0.25) is 5.91 Å². The summed E-state index contributed by atoms with van der Waals surface area (Å²) in [7, 11) is 1.50. The fourth-order valence-electron chi connectivity index (χ4n) is 2.25. The molecule has 2 aromatic rings. The number of esters is 1. The second-order valence-corrected chi connectivity index (χ2v) is 7.63. The molecular formula is C20H19ClN2O4S. The summed E-state index contributed by atoms with van der Waals surface area (Å²) < 4.78 is 10.6. The Labute approximate surface area is 172 Å². The van der Waals surface area contributed by atoms with Crippen molar-refractivity contribution in [2.75, 3.05) is 12.9 Å². The van der Waals surface area contributed by atoms with Crippen LogP contribution in [0.1, 0.15) is 18.4 Å². The predicted molar refractivity (Wildman–Crippen MR) is 109 cm³/mol. The molecule has 1 saturated carbocycles. The monoisotopic (exact) mass is 418 g/mol. The van der Waals surface area contributed by atoms with E-state index >= 15 is 0 Å². The van der Waals surface area contributed by atoms with E-state index < -0.39 is 0 Å². The molecule has 6 nitrogen and oxygen atoms in total. The summed E-state index contributed by atoms with van der Waals surface area (Å²) in [6.45, 7) is 0. The zero-order chi connectivity index (χ0) is 19.9. The fourth-order valence-corrected chi connectivity index (χ4v) is 3.07. The summed E-state index contributed by atoms with van der Waals surface area (Å²) in [6.07, 6.45) is 3.25. The van der Waals surface area contributed by atoms with E-state index in [2.05, 4.69) is 10.5 Å². The molecule has 0 saturated heterocycles. The number of benzene rings is 2. The molecule has 0 aliphatic heterocycles. The van der Waals surface area contributed by atoms with Crippen LogP contribution < -0.4 is 14.9 Å². The maximum atomic E-state index is 11.9. The van der Waals surface area contributed by atoms with Crippen LogP contribution in [0.15, 0.2) is 52.5 Å². The molecule has 3 rings (SSSR count).